The van der Waals surface area contributed by atoms with Gasteiger partial charge in [0.1, 0.15) is 0 Å². The van der Waals surface area contributed by atoms with Gasteiger partial charge in [-0.05, 0) is 45.4 Å². The highest BCUT2D eigenvalue weighted by atomic mass is 16.5. The van der Waals surface area contributed by atoms with Crippen LogP contribution in [-0.4, -0.2) is 73.8 Å². The summed E-state index contributed by atoms with van der Waals surface area (Å²) in [5.74, 6) is 1.15. The molecule has 138 valence electrons. The Kier molecular flexibility index (Phi) is 6.39. The van der Waals surface area contributed by atoms with Crippen molar-refractivity contribution in [1.29, 1.82) is 0 Å². The predicted molar refractivity (Wildman–Crippen MR) is 99.6 cm³/mol. The van der Waals surface area contributed by atoms with E-state index in [0.29, 0.717) is 11.6 Å². The summed E-state index contributed by atoms with van der Waals surface area (Å²) >= 11 is 0. The lowest BCUT2D eigenvalue weighted by Gasteiger charge is -2.44. The van der Waals surface area contributed by atoms with Crippen molar-refractivity contribution in [2.45, 2.75) is 69.9 Å². The van der Waals surface area contributed by atoms with Gasteiger partial charge in [0.15, 0.2) is 5.96 Å². The first-order chi connectivity index (χ1) is 11.8. The van der Waals surface area contributed by atoms with Gasteiger partial charge < -0.3 is 15.0 Å². The molecule has 5 heteroatoms. The van der Waals surface area contributed by atoms with Gasteiger partial charge in [0.25, 0.3) is 0 Å². The van der Waals surface area contributed by atoms with Crippen molar-refractivity contribution in [3.8, 4) is 0 Å². The molecular weight excluding hydrogens is 300 g/mol. The van der Waals surface area contributed by atoms with Crippen molar-refractivity contribution in [2.24, 2.45) is 4.99 Å². The van der Waals surface area contributed by atoms with Crippen LogP contribution in [0.15, 0.2) is 4.99 Å². The Morgan fingerprint density at radius 3 is 2.33 bits per heavy atom. The summed E-state index contributed by atoms with van der Waals surface area (Å²) < 4.78 is 5.56. The molecule has 0 amide bonds. The average Bonchev–Trinajstić information content (AvgIpc) is 3.31. The van der Waals surface area contributed by atoms with Gasteiger partial charge in [0, 0.05) is 45.4 Å². The third-order valence-electron chi connectivity index (χ3n) is 6.24. The number of guanidine groups is 1. The summed E-state index contributed by atoms with van der Waals surface area (Å²) in [7, 11) is 1.86. The minimum absolute atomic E-state index is 0.305. The third kappa shape index (κ3) is 4.05. The number of likely N-dealkylation sites (tertiary alicyclic amines) is 2. The van der Waals surface area contributed by atoms with Crippen LogP contribution < -0.4 is 5.32 Å². The minimum atomic E-state index is 0.305. The summed E-state index contributed by atoms with van der Waals surface area (Å²) in [5, 5.41) is 3.52. The van der Waals surface area contributed by atoms with E-state index in [0.717, 1.165) is 32.1 Å². The van der Waals surface area contributed by atoms with Gasteiger partial charge in [0.2, 0.25) is 0 Å². The van der Waals surface area contributed by atoms with Gasteiger partial charge in [-0.1, -0.05) is 12.8 Å². The van der Waals surface area contributed by atoms with Crippen molar-refractivity contribution in [3.05, 3.63) is 0 Å². The molecule has 3 rings (SSSR count). The zero-order valence-corrected chi connectivity index (χ0v) is 15.7. The number of nitrogens with one attached hydrogen (secondary N) is 1. The van der Waals surface area contributed by atoms with E-state index < -0.39 is 0 Å². The molecule has 0 aromatic carbocycles. The minimum Gasteiger partial charge on any atom is -0.381 e. The van der Waals surface area contributed by atoms with E-state index >= 15 is 0 Å². The molecule has 5 nitrogen and oxygen atoms in total. The molecule has 3 fully saturated rings. The van der Waals surface area contributed by atoms with Crippen molar-refractivity contribution in [3.63, 3.8) is 0 Å². The fraction of sp³-hybridized carbons (Fsp3) is 0.947. The molecule has 0 atom stereocenters. The number of hydrogen-bond donors (Lipinski definition) is 1. The number of ether oxygens (including phenoxy) is 1. The molecule has 0 aromatic heterocycles. The second-order valence-corrected chi connectivity index (χ2v) is 7.72. The van der Waals surface area contributed by atoms with Crippen molar-refractivity contribution in [2.75, 3.05) is 46.4 Å². The first-order valence-electron chi connectivity index (χ1n) is 10.1. The van der Waals surface area contributed by atoms with Gasteiger partial charge in [-0.15, -0.1) is 0 Å². The molecule has 2 saturated heterocycles. The quantitative estimate of drug-likeness (QED) is 0.618. The summed E-state index contributed by atoms with van der Waals surface area (Å²) in [6.45, 7) is 8.77. The van der Waals surface area contributed by atoms with E-state index in [4.69, 9.17) is 9.73 Å². The number of methoxy groups -OCH3 is 1. The molecule has 2 aliphatic heterocycles. The largest absolute Gasteiger partial charge is 0.381 e. The topological polar surface area (TPSA) is 40.1 Å². The Hall–Kier alpha value is -0.810. The lowest BCUT2D eigenvalue weighted by atomic mass is 9.91. The monoisotopic (exact) mass is 336 g/mol. The molecule has 3 aliphatic rings. The second kappa shape index (κ2) is 8.52. The lowest BCUT2D eigenvalue weighted by molar-refractivity contribution is -0.000116. The summed E-state index contributed by atoms with van der Waals surface area (Å²) in [6.07, 6.45) is 10.8. The maximum absolute atomic E-state index is 5.56. The molecule has 0 bridgehead atoms. The molecule has 1 saturated carbocycles. The van der Waals surface area contributed by atoms with Crippen LogP contribution >= 0.6 is 0 Å². The van der Waals surface area contributed by atoms with Crippen LogP contribution in [0.2, 0.25) is 0 Å². The number of nitrogens with zero attached hydrogens (tertiary/aromatic N) is 3. The second-order valence-electron chi connectivity index (χ2n) is 7.72. The molecule has 1 aliphatic carbocycles. The Balaban J connectivity index is 1.67. The smallest absolute Gasteiger partial charge is 0.193 e. The fourth-order valence-electron chi connectivity index (χ4n) is 4.75. The highest BCUT2D eigenvalue weighted by Gasteiger charge is 2.41. The van der Waals surface area contributed by atoms with Crippen molar-refractivity contribution in [1.82, 2.24) is 15.1 Å². The summed E-state index contributed by atoms with van der Waals surface area (Å²) in [6, 6.07) is 0. The van der Waals surface area contributed by atoms with E-state index in [1.807, 2.05) is 7.11 Å². The van der Waals surface area contributed by atoms with E-state index in [9.17, 15) is 0 Å². The Labute approximate surface area is 147 Å². The first-order valence-corrected chi connectivity index (χ1v) is 10.1. The number of piperidine rings is 1. The van der Waals surface area contributed by atoms with Crippen LogP contribution in [0.4, 0.5) is 0 Å². The average molecular weight is 337 g/mol. The number of rotatable bonds is 5. The first kappa shape index (κ1) is 18.0. The van der Waals surface area contributed by atoms with Crippen LogP contribution in [0.5, 0.6) is 0 Å². The maximum atomic E-state index is 5.56. The van der Waals surface area contributed by atoms with Crippen molar-refractivity contribution >= 4 is 5.96 Å². The number of hydrogen-bond acceptors (Lipinski definition) is 3. The standard InChI is InChI=1S/C19H36N4O/c1-3-20-18(22-12-6-7-13-22)21-16-19(10-4-5-11-19)23-14-8-17(24-2)9-15-23/h17H,3-16H2,1-2H3,(H,20,21). The predicted octanol–water partition coefficient (Wildman–Crippen LogP) is 2.47. The van der Waals surface area contributed by atoms with E-state index in [-0.39, 0.29) is 0 Å². The van der Waals surface area contributed by atoms with Crippen molar-refractivity contribution < 1.29 is 4.74 Å². The SMILES string of the molecule is CCNC(=NCC1(N2CCC(OC)CC2)CCCC1)N1CCCC1. The van der Waals surface area contributed by atoms with Crippen LogP contribution in [0.3, 0.4) is 0 Å². The third-order valence-corrected chi connectivity index (χ3v) is 6.24. The molecule has 0 aromatic rings. The number of aliphatic imine (C=N–C) groups is 1. The molecule has 0 radical (unpaired) electrons. The zero-order chi connectivity index (χ0) is 16.8. The zero-order valence-electron chi connectivity index (χ0n) is 15.7. The highest BCUT2D eigenvalue weighted by Crippen LogP contribution is 2.37. The van der Waals surface area contributed by atoms with Gasteiger partial charge in [-0.3, -0.25) is 9.89 Å². The van der Waals surface area contributed by atoms with E-state index in [1.165, 1.54) is 64.5 Å². The van der Waals surface area contributed by atoms with Gasteiger partial charge in [0.05, 0.1) is 12.6 Å². The molecular formula is C19H36N4O. The summed E-state index contributed by atoms with van der Waals surface area (Å²) in [4.78, 5) is 10.3. The molecule has 0 spiro atoms. The van der Waals surface area contributed by atoms with Crippen LogP contribution in [-0.2, 0) is 4.74 Å². The van der Waals surface area contributed by atoms with Gasteiger partial charge in [-0.25, -0.2) is 0 Å². The normalized spacial score (nSPS) is 26.2. The van der Waals surface area contributed by atoms with E-state index in [2.05, 4.69) is 22.0 Å². The van der Waals surface area contributed by atoms with E-state index in [1.54, 1.807) is 0 Å². The fourth-order valence-corrected chi connectivity index (χ4v) is 4.75. The molecule has 24 heavy (non-hydrogen) atoms. The van der Waals surface area contributed by atoms with Gasteiger partial charge in [-0.2, -0.15) is 0 Å². The molecule has 0 unspecified atom stereocenters. The Morgan fingerprint density at radius 1 is 1.08 bits per heavy atom. The summed E-state index contributed by atoms with van der Waals surface area (Å²) in [5.41, 5.74) is 0.305. The maximum Gasteiger partial charge on any atom is 0.193 e. The Bertz CT molecular complexity index is 406. The van der Waals surface area contributed by atoms with Crippen LogP contribution in [0, 0.1) is 0 Å². The van der Waals surface area contributed by atoms with Crippen LogP contribution in [0.1, 0.15) is 58.3 Å². The highest BCUT2D eigenvalue weighted by molar-refractivity contribution is 5.80. The lowest BCUT2D eigenvalue weighted by Crippen LogP contribution is -2.54. The Morgan fingerprint density at radius 2 is 1.75 bits per heavy atom. The van der Waals surface area contributed by atoms with Crippen LogP contribution in [0.25, 0.3) is 0 Å². The molecule has 1 N–H and O–H groups in total. The van der Waals surface area contributed by atoms with Gasteiger partial charge >= 0.3 is 0 Å². The molecule has 2 heterocycles.